The van der Waals surface area contributed by atoms with E-state index >= 15 is 0 Å². The molecule has 7 nitrogen and oxygen atoms in total. The number of anilines is 1. The van der Waals surface area contributed by atoms with Gasteiger partial charge in [0.25, 0.3) is 0 Å². The van der Waals surface area contributed by atoms with Crippen molar-refractivity contribution in [3.63, 3.8) is 0 Å². The number of piperidine rings is 1. The number of rotatable bonds is 7. The van der Waals surface area contributed by atoms with E-state index in [1.54, 1.807) is 16.9 Å². The van der Waals surface area contributed by atoms with Crippen LogP contribution in [0.25, 0.3) is 0 Å². The van der Waals surface area contributed by atoms with E-state index in [1.807, 2.05) is 18.7 Å². The molecule has 0 bridgehead atoms. The van der Waals surface area contributed by atoms with Crippen molar-refractivity contribution in [1.82, 2.24) is 14.7 Å². The lowest BCUT2D eigenvalue weighted by molar-refractivity contribution is -0.120. The van der Waals surface area contributed by atoms with E-state index in [0.717, 1.165) is 13.0 Å². The highest BCUT2D eigenvalue weighted by molar-refractivity contribution is 5.91. The Bertz CT molecular complexity index is 793. The maximum Gasteiger partial charge on any atom is 0.239 e. The van der Waals surface area contributed by atoms with E-state index in [0.29, 0.717) is 24.5 Å². The van der Waals surface area contributed by atoms with E-state index in [-0.39, 0.29) is 30.9 Å². The molecule has 0 radical (unpaired) electrons. The third-order valence-electron chi connectivity index (χ3n) is 4.75. The highest BCUT2D eigenvalue weighted by Crippen LogP contribution is 2.23. The molecule has 1 aromatic heterocycles. The van der Waals surface area contributed by atoms with Gasteiger partial charge in [-0.05, 0) is 57.5 Å². The number of likely N-dealkylation sites (tertiary alicyclic amines) is 1. The van der Waals surface area contributed by atoms with Crippen LogP contribution in [-0.4, -0.2) is 57.5 Å². The van der Waals surface area contributed by atoms with Crippen LogP contribution >= 0.6 is 0 Å². The predicted octanol–water partition coefficient (Wildman–Crippen LogP) is 2.45. The van der Waals surface area contributed by atoms with Gasteiger partial charge >= 0.3 is 0 Å². The Morgan fingerprint density at radius 1 is 1.36 bits per heavy atom. The van der Waals surface area contributed by atoms with Crippen molar-refractivity contribution in [3.05, 3.63) is 42.3 Å². The summed E-state index contributed by atoms with van der Waals surface area (Å²) in [6.07, 6.45) is 3.01. The standard InChI is InChI=1S/C20H27FN4O3/c1-15(2)25-18(8-10-22-25)23-19(26)12-24-11-3-9-20(27,13-24)14-28-17-6-4-16(21)5-7-17/h4-8,10,15,27H,3,9,11-14H2,1-2H3,(H,23,26). The number of ether oxygens (including phenoxy) is 1. The Labute approximate surface area is 164 Å². The average molecular weight is 390 g/mol. The number of hydrogen-bond acceptors (Lipinski definition) is 5. The van der Waals surface area contributed by atoms with Crippen molar-refractivity contribution in [2.75, 3.05) is 31.6 Å². The third-order valence-corrected chi connectivity index (χ3v) is 4.75. The van der Waals surface area contributed by atoms with Crippen LogP contribution in [0.5, 0.6) is 5.75 Å². The Morgan fingerprint density at radius 2 is 2.11 bits per heavy atom. The molecule has 0 saturated carbocycles. The van der Waals surface area contributed by atoms with Crippen LogP contribution in [0.1, 0.15) is 32.7 Å². The molecule has 1 saturated heterocycles. The molecule has 1 unspecified atom stereocenters. The maximum absolute atomic E-state index is 13.0. The quantitative estimate of drug-likeness (QED) is 0.759. The summed E-state index contributed by atoms with van der Waals surface area (Å²) in [5.41, 5.74) is -1.05. The largest absolute Gasteiger partial charge is 0.491 e. The second-order valence-corrected chi connectivity index (χ2v) is 7.58. The minimum atomic E-state index is -1.05. The first-order valence-electron chi connectivity index (χ1n) is 9.51. The SMILES string of the molecule is CC(C)n1nccc1NC(=O)CN1CCCC(O)(COc2ccc(F)cc2)C1. The van der Waals surface area contributed by atoms with Crippen LogP contribution in [0, 0.1) is 5.82 Å². The highest BCUT2D eigenvalue weighted by Gasteiger charge is 2.34. The lowest BCUT2D eigenvalue weighted by Crippen LogP contribution is -2.53. The summed E-state index contributed by atoms with van der Waals surface area (Å²) < 4.78 is 20.4. The molecule has 1 aliphatic heterocycles. The molecule has 2 N–H and O–H groups in total. The summed E-state index contributed by atoms with van der Waals surface area (Å²) in [5.74, 6) is 0.685. The number of aromatic nitrogens is 2. The molecule has 2 aromatic rings. The number of carbonyl (C=O) groups excluding carboxylic acids is 1. The molecule has 1 atom stereocenters. The molecule has 1 aliphatic rings. The summed E-state index contributed by atoms with van der Waals surface area (Å²) in [5, 5.41) is 17.9. The minimum Gasteiger partial charge on any atom is -0.491 e. The van der Waals surface area contributed by atoms with Gasteiger partial charge < -0.3 is 15.2 Å². The maximum atomic E-state index is 13.0. The smallest absolute Gasteiger partial charge is 0.239 e. The molecule has 0 spiro atoms. The molecule has 1 aromatic carbocycles. The van der Waals surface area contributed by atoms with Gasteiger partial charge in [-0.2, -0.15) is 5.10 Å². The summed E-state index contributed by atoms with van der Waals surface area (Å²) >= 11 is 0. The van der Waals surface area contributed by atoms with Crippen LogP contribution in [0.15, 0.2) is 36.5 Å². The molecule has 152 valence electrons. The van der Waals surface area contributed by atoms with Crippen LogP contribution in [0.4, 0.5) is 10.2 Å². The fraction of sp³-hybridized carbons (Fsp3) is 0.500. The molecule has 2 heterocycles. The molecule has 8 heteroatoms. The Balaban J connectivity index is 1.52. The van der Waals surface area contributed by atoms with Crippen LogP contribution in [-0.2, 0) is 4.79 Å². The first-order chi connectivity index (χ1) is 13.3. The minimum absolute atomic E-state index is 0.0941. The van der Waals surface area contributed by atoms with Gasteiger partial charge in [0.05, 0.1) is 12.7 Å². The highest BCUT2D eigenvalue weighted by atomic mass is 19.1. The van der Waals surface area contributed by atoms with Crippen LogP contribution in [0.2, 0.25) is 0 Å². The van der Waals surface area contributed by atoms with Crippen molar-refractivity contribution in [3.8, 4) is 5.75 Å². The van der Waals surface area contributed by atoms with Gasteiger partial charge in [-0.1, -0.05) is 0 Å². The van der Waals surface area contributed by atoms with Crippen molar-refractivity contribution >= 4 is 11.7 Å². The van der Waals surface area contributed by atoms with Gasteiger partial charge in [-0.25, -0.2) is 9.07 Å². The van der Waals surface area contributed by atoms with Gasteiger partial charge in [-0.3, -0.25) is 9.69 Å². The average Bonchev–Trinajstić information content (AvgIpc) is 3.09. The fourth-order valence-corrected chi connectivity index (χ4v) is 3.42. The molecule has 28 heavy (non-hydrogen) atoms. The Kier molecular flexibility index (Phi) is 6.31. The lowest BCUT2D eigenvalue weighted by Gasteiger charge is -2.38. The van der Waals surface area contributed by atoms with Crippen LogP contribution in [0.3, 0.4) is 0 Å². The number of aliphatic hydroxyl groups is 1. The van der Waals surface area contributed by atoms with Gasteiger partial charge in [0.15, 0.2) is 0 Å². The summed E-state index contributed by atoms with van der Waals surface area (Å²) in [6, 6.07) is 7.61. The Morgan fingerprint density at radius 3 is 2.82 bits per heavy atom. The number of amides is 1. The molecule has 0 aliphatic carbocycles. The van der Waals surface area contributed by atoms with E-state index < -0.39 is 5.60 Å². The first-order valence-corrected chi connectivity index (χ1v) is 9.51. The second-order valence-electron chi connectivity index (χ2n) is 7.58. The van der Waals surface area contributed by atoms with E-state index in [1.165, 1.54) is 24.3 Å². The topological polar surface area (TPSA) is 79.6 Å². The van der Waals surface area contributed by atoms with Crippen molar-refractivity contribution < 1.29 is 19.0 Å². The van der Waals surface area contributed by atoms with E-state index in [2.05, 4.69) is 10.4 Å². The number of halogens is 1. The zero-order valence-electron chi connectivity index (χ0n) is 16.3. The van der Waals surface area contributed by atoms with Crippen molar-refractivity contribution in [2.24, 2.45) is 0 Å². The summed E-state index contributed by atoms with van der Waals surface area (Å²) in [7, 11) is 0. The van der Waals surface area contributed by atoms with Gasteiger partial charge in [0, 0.05) is 18.7 Å². The molecule has 1 fully saturated rings. The third kappa shape index (κ3) is 5.30. The first kappa shape index (κ1) is 20.3. The van der Waals surface area contributed by atoms with E-state index in [4.69, 9.17) is 4.74 Å². The number of benzene rings is 1. The van der Waals surface area contributed by atoms with Crippen molar-refractivity contribution in [2.45, 2.75) is 38.3 Å². The van der Waals surface area contributed by atoms with Crippen LogP contribution < -0.4 is 10.1 Å². The molecular weight excluding hydrogens is 363 g/mol. The molecule has 3 rings (SSSR count). The normalized spacial score (nSPS) is 20.3. The summed E-state index contributed by atoms with van der Waals surface area (Å²) in [4.78, 5) is 14.4. The van der Waals surface area contributed by atoms with Gasteiger partial charge in [0.1, 0.15) is 29.6 Å². The number of hydrogen-bond donors (Lipinski definition) is 2. The van der Waals surface area contributed by atoms with Gasteiger partial charge in [0.2, 0.25) is 5.91 Å². The molecular formula is C20H27FN4O3. The zero-order valence-corrected chi connectivity index (χ0v) is 16.3. The number of carbonyl (C=O) groups is 1. The second kappa shape index (κ2) is 8.70. The number of nitrogens with one attached hydrogen (secondary N) is 1. The predicted molar refractivity (Wildman–Crippen MR) is 104 cm³/mol. The molecule has 1 amide bonds. The number of β-amino-alcohol motifs (C(OH)–C–C–N with tert-alkyl or cyclic N) is 1. The monoisotopic (exact) mass is 390 g/mol. The van der Waals surface area contributed by atoms with E-state index in [9.17, 15) is 14.3 Å². The zero-order chi connectivity index (χ0) is 20.1. The number of nitrogens with zero attached hydrogens (tertiary/aromatic N) is 3. The van der Waals surface area contributed by atoms with Gasteiger partial charge in [-0.15, -0.1) is 0 Å². The van der Waals surface area contributed by atoms with Crippen molar-refractivity contribution in [1.29, 1.82) is 0 Å². The lowest BCUT2D eigenvalue weighted by atomic mass is 9.93. The summed E-state index contributed by atoms with van der Waals surface area (Å²) in [6.45, 7) is 5.34. The fourth-order valence-electron chi connectivity index (χ4n) is 3.42. The Hall–Kier alpha value is -2.45.